The highest BCUT2D eigenvalue weighted by molar-refractivity contribution is 9.10. The van der Waals surface area contributed by atoms with Gasteiger partial charge in [-0.2, -0.15) is 0 Å². The molecule has 0 aliphatic heterocycles. The molecule has 1 aromatic heterocycles. The van der Waals surface area contributed by atoms with Crippen LogP contribution in [-0.2, 0) is 0 Å². The fraction of sp³-hybridized carbons (Fsp3) is 0.0714. The van der Waals surface area contributed by atoms with Gasteiger partial charge in [-0.3, -0.25) is 0 Å². The monoisotopic (exact) mass is 321 g/mol. The van der Waals surface area contributed by atoms with Crippen molar-refractivity contribution in [1.29, 1.82) is 0 Å². The molecule has 0 aliphatic rings. The second kappa shape index (κ2) is 4.41. The van der Waals surface area contributed by atoms with E-state index in [0.717, 1.165) is 32.0 Å². The Labute approximate surface area is 118 Å². The van der Waals surface area contributed by atoms with Crippen molar-refractivity contribution < 1.29 is 4.74 Å². The highest BCUT2D eigenvalue weighted by Gasteiger charge is 2.10. The average Bonchev–Trinajstić information content (AvgIpc) is 2.38. The Hall–Kier alpha value is -1.32. The summed E-state index contributed by atoms with van der Waals surface area (Å²) in [6, 6.07) is 11.6. The Kier molecular flexibility index (Phi) is 2.88. The van der Waals surface area contributed by atoms with Crippen molar-refractivity contribution in [1.82, 2.24) is 4.98 Å². The third-order valence-corrected chi connectivity index (χ3v) is 3.95. The first-order valence-corrected chi connectivity index (χ1v) is 6.59. The van der Waals surface area contributed by atoms with E-state index in [9.17, 15) is 0 Å². The number of rotatable bonds is 1. The van der Waals surface area contributed by atoms with E-state index in [-0.39, 0.29) is 0 Å². The summed E-state index contributed by atoms with van der Waals surface area (Å²) in [7, 11) is 1.64. The van der Waals surface area contributed by atoms with Gasteiger partial charge in [0.05, 0.1) is 23.2 Å². The normalized spacial score (nSPS) is 11.1. The third kappa shape index (κ3) is 1.74. The van der Waals surface area contributed by atoms with Crippen molar-refractivity contribution in [3.8, 4) is 5.75 Å². The van der Waals surface area contributed by atoms with Crippen LogP contribution in [0.1, 0.15) is 0 Å². The van der Waals surface area contributed by atoms with E-state index in [4.69, 9.17) is 16.3 Å². The van der Waals surface area contributed by atoms with Gasteiger partial charge in [-0.1, -0.05) is 33.6 Å². The van der Waals surface area contributed by atoms with Gasteiger partial charge in [0.15, 0.2) is 0 Å². The second-order valence-corrected chi connectivity index (χ2v) is 5.18. The summed E-state index contributed by atoms with van der Waals surface area (Å²) in [5, 5.41) is 2.58. The minimum absolute atomic E-state index is 0.713. The van der Waals surface area contributed by atoms with Crippen molar-refractivity contribution in [3.63, 3.8) is 0 Å². The molecule has 0 fully saturated rings. The molecule has 0 aliphatic carbocycles. The largest absolute Gasteiger partial charge is 0.497 e. The van der Waals surface area contributed by atoms with Gasteiger partial charge in [-0.15, -0.1) is 0 Å². The van der Waals surface area contributed by atoms with Crippen LogP contribution in [0.2, 0.25) is 5.02 Å². The fourth-order valence-corrected chi connectivity index (χ4v) is 3.03. The number of ether oxygens (including phenoxy) is 1. The number of methoxy groups -OCH3 is 1. The first kappa shape index (κ1) is 11.8. The van der Waals surface area contributed by atoms with Crippen LogP contribution < -0.4 is 4.74 Å². The van der Waals surface area contributed by atoms with Crippen molar-refractivity contribution in [2.24, 2.45) is 0 Å². The molecule has 0 amide bonds. The molecule has 2 nitrogen and oxygen atoms in total. The molecular weight excluding hydrogens is 314 g/mol. The number of fused-ring (bicyclic) bond motifs is 2. The third-order valence-electron chi connectivity index (χ3n) is 2.89. The molecule has 0 N–H and O–H groups in total. The number of pyridine rings is 1. The predicted octanol–water partition coefficient (Wildman–Crippen LogP) is 4.81. The van der Waals surface area contributed by atoms with Crippen LogP contribution in [0.25, 0.3) is 21.8 Å². The van der Waals surface area contributed by atoms with Crippen molar-refractivity contribution >= 4 is 49.3 Å². The average molecular weight is 323 g/mol. The molecule has 0 saturated carbocycles. The van der Waals surface area contributed by atoms with Gasteiger partial charge in [0.25, 0.3) is 0 Å². The standard InChI is InChI=1S/C14H9BrClNO/c1-18-8-5-6-9-12(7-8)17-11-4-2-3-10(15)13(11)14(9)16/h2-7H,1H3. The van der Waals surface area contributed by atoms with Gasteiger partial charge in [0.1, 0.15) is 5.75 Å². The maximum Gasteiger partial charge on any atom is 0.121 e. The molecule has 1 heterocycles. The second-order valence-electron chi connectivity index (χ2n) is 3.94. The molecule has 0 atom stereocenters. The maximum atomic E-state index is 6.46. The molecule has 18 heavy (non-hydrogen) atoms. The van der Waals surface area contributed by atoms with Crippen molar-refractivity contribution in [2.45, 2.75) is 0 Å². The Bertz CT molecular complexity index is 757. The topological polar surface area (TPSA) is 22.1 Å². The van der Waals surface area contributed by atoms with Crippen molar-refractivity contribution in [2.75, 3.05) is 7.11 Å². The van der Waals surface area contributed by atoms with E-state index in [1.807, 2.05) is 36.4 Å². The molecule has 0 radical (unpaired) electrons. The molecule has 90 valence electrons. The summed E-state index contributed by atoms with van der Waals surface area (Å²) in [5.74, 6) is 0.778. The molecule has 3 aromatic rings. The quantitative estimate of drug-likeness (QED) is 0.600. The van der Waals surface area contributed by atoms with Crippen LogP contribution in [0.15, 0.2) is 40.9 Å². The first-order valence-electron chi connectivity index (χ1n) is 5.42. The Morgan fingerprint density at radius 3 is 2.78 bits per heavy atom. The van der Waals surface area contributed by atoms with E-state index in [1.165, 1.54) is 0 Å². The molecule has 0 unspecified atom stereocenters. The van der Waals surface area contributed by atoms with Gasteiger partial charge in [-0.25, -0.2) is 4.98 Å². The number of hydrogen-bond acceptors (Lipinski definition) is 2. The minimum Gasteiger partial charge on any atom is -0.497 e. The molecule has 0 bridgehead atoms. The van der Waals surface area contributed by atoms with Gasteiger partial charge >= 0.3 is 0 Å². The van der Waals surface area contributed by atoms with E-state index in [1.54, 1.807) is 7.11 Å². The number of halogens is 2. The highest BCUT2D eigenvalue weighted by Crippen LogP contribution is 2.35. The summed E-state index contributed by atoms with van der Waals surface area (Å²) >= 11 is 9.98. The van der Waals surface area contributed by atoms with E-state index < -0.39 is 0 Å². The van der Waals surface area contributed by atoms with Crippen LogP contribution in [0.4, 0.5) is 0 Å². The predicted molar refractivity (Wildman–Crippen MR) is 78.5 cm³/mol. The van der Waals surface area contributed by atoms with Crippen LogP contribution in [0.3, 0.4) is 0 Å². The summed E-state index contributed by atoms with van der Waals surface area (Å²) < 4.78 is 6.16. The zero-order chi connectivity index (χ0) is 12.7. The lowest BCUT2D eigenvalue weighted by molar-refractivity contribution is 0.415. The summed E-state index contributed by atoms with van der Waals surface area (Å²) in [4.78, 5) is 4.61. The number of nitrogens with zero attached hydrogens (tertiary/aromatic N) is 1. The smallest absolute Gasteiger partial charge is 0.121 e. The molecule has 4 heteroatoms. The van der Waals surface area contributed by atoms with Crippen molar-refractivity contribution in [3.05, 3.63) is 45.9 Å². The highest BCUT2D eigenvalue weighted by atomic mass is 79.9. The minimum atomic E-state index is 0.713. The Balaban J connectivity index is 2.48. The molecule has 0 spiro atoms. The maximum absolute atomic E-state index is 6.46. The lowest BCUT2D eigenvalue weighted by atomic mass is 10.1. The lowest BCUT2D eigenvalue weighted by Gasteiger charge is -2.08. The Morgan fingerprint density at radius 2 is 2.00 bits per heavy atom. The van der Waals surface area contributed by atoms with Gasteiger partial charge in [0, 0.05) is 21.3 Å². The number of hydrogen-bond donors (Lipinski definition) is 0. The lowest BCUT2D eigenvalue weighted by Crippen LogP contribution is -1.88. The van der Waals surface area contributed by atoms with Gasteiger partial charge in [-0.05, 0) is 24.3 Å². The fourth-order valence-electron chi connectivity index (χ4n) is 2.00. The van der Waals surface area contributed by atoms with E-state index in [0.29, 0.717) is 5.02 Å². The van der Waals surface area contributed by atoms with Crippen LogP contribution in [-0.4, -0.2) is 12.1 Å². The van der Waals surface area contributed by atoms with Gasteiger partial charge in [0.2, 0.25) is 0 Å². The summed E-state index contributed by atoms with van der Waals surface area (Å²) in [6.07, 6.45) is 0. The number of benzene rings is 2. The molecular formula is C14H9BrClNO. The molecule has 2 aromatic carbocycles. The zero-order valence-electron chi connectivity index (χ0n) is 9.58. The Morgan fingerprint density at radius 1 is 1.17 bits per heavy atom. The first-order chi connectivity index (χ1) is 8.70. The van der Waals surface area contributed by atoms with E-state index >= 15 is 0 Å². The zero-order valence-corrected chi connectivity index (χ0v) is 11.9. The van der Waals surface area contributed by atoms with Crippen LogP contribution >= 0.6 is 27.5 Å². The van der Waals surface area contributed by atoms with E-state index in [2.05, 4.69) is 20.9 Å². The summed E-state index contributed by atoms with van der Waals surface area (Å²) in [6.45, 7) is 0. The molecule has 0 saturated heterocycles. The van der Waals surface area contributed by atoms with Gasteiger partial charge < -0.3 is 4.74 Å². The van der Waals surface area contributed by atoms with Crippen LogP contribution in [0.5, 0.6) is 5.75 Å². The molecule has 3 rings (SSSR count). The summed E-state index contributed by atoms with van der Waals surface area (Å²) in [5.41, 5.74) is 1.71. The van der Waals surface area contributed by atoms with Crippen LogP contribution in [0, 0.1) is 0 Å². The SMILES string of the molecule is COc1ccc2c(Cl)c3c(Br)cccc3nc2c1. The number of aromatic nitrogens is 1.